The molecule has 239 valence electrons. The number of hydrogen-bond acceptors (Lipinski definition) is 6. The van der Waals surface area contributed by atoms with Crippen molar-refractivity contribution >= 4 is 95.3 Å². The van der Waals surface area contributed by atoms with Gasteiger partial charge in [-0.3, -0.25) is 0 Å². The molecule has 1 heterocycles. The van der Waals surface area contributed by atoms with Crippen LogP contribution in [0.3, 0.4) is 0 Å². The number of anilines is 2. The van der Waals surface area contributed by atoms with Crippen LogP contribution in [0.4, 0.5) is 11.4 Å². The molecule has 0 unspecified atom stereocenters. The van der Waals surface area contributed by atoms with Crippen LogP contribution in [-0.2, 0) is 0 Å². The summed E-state index contributed by atoms with van der Waals surface area (Å²) in [5, 5.41) is 21.1. The second kappa shape index (κ2) is 17.1. The van der Waals surface area contributed by atoms with Gasteiger partial charge in [-0.1, -0.05) is 143 Å². The van der Waals surface area contributed by atoms with Gasteiger partial charge in [0.1, 0.15) is 17.2 Å². The Hall–Kier alpha value is -3.67. The van der Waals surface area contributed by atoms with Gasteiger partial charge in [0.05, 0.1) is 11.4 Å². The van der Waals surface area contributed by atoms with Crippen molar-refractivity contribution in [2.24, 2.45) is 0 Å². The Bertz CT molecular complexity index is 2020. The first-order valence-electron chi connectivity index (χ1n) is 14.5. The fourth-order valence-corrected chi connectivity index (χ4v) is 6.60. The lowest BCUT2D eigenvalue weighted by Gasteiger charge is -2.13. The molecule has 1 aliphatic rings. The molecule has 0 fully saturated rings. The Balaban J connectivity index is 0.000000156. The van der Waals surface area contributed by atoms with Gasteiger partial charge in [0, 0.05) is 23.5 Å². The first-order valence-corrected chi connectivity index (χ1v) is 17.7. The molecule has 0 amide bonds. The zero-order chi connectivity index (χ0) is 34.0. The zero-order valence-electron chi connectivity index (χ0n) is 25.2. The molecular weight excluding hydrogens is 866 g/mol. The molecule has 0 spiro atoms. The summed E-state index contributed by atoms with van der Waals surface area (Å²) in [4.78, 5) is 0. The van der Waals surface area contributed by atoms with Gasteiger partial charge in [0.15, 0.2) is 0 Å². The number of nitrogens with one attached hydrogen (secondary N) is 1. The number of nitrogens with two attached hydrogens (primary N) is 1. The molecule has 5 N–H and O–H groups in total. The summed E-state index contributed by atoms with van der Waals surface area (Å²) in [5.74, 6) is 1.62. The van der Waals surface area contributed by atoms with Gasteiger partial charge in [-0.05, 0) is 76.8 Å². The van der Waals surface area contributed by atoms with E-state index in [9.17, 15) is 0 Å². The van der Waals surface area contributed by atoms with E-state index in [0.29, 0.717) is 19.1 Å². The maximum atomic E-state index is 8.90. The van der Waals surface area contributed by atoms with E-state index in [1.54, 1.807) is 18.2 Å². The average molecular weight is 893 g/mol. The predicted octanol–water partition coefficient (Wildman–Crippen LogP) is 9.84. The van der Waals surface area contributed by atoms with Gasteiger partial charge in [-0.15, -0.1) is 0 Å². The Morgan fingerprint density at radius 3 is 1.81 bits per heavy atom. The highest BCUT2D eigenvalue weighted by Gasteiger charge is 2.32. The summed E-state index contributed by atoms with van der Waals surface area (Å²) >= 11 is 13.8. The number of hydrogen-bond donors (Lipinski definition) is 4. The fraction of sp³-hybridized carbons (Fsp3) is 0. The third-order valence-corrected chi connectivity index (χ3v) is 9.47. The zero-order valence-corrected chi connectivity index (χ0v) is 31.5. The third-order valence-electron chi connectivity index (χ3n) is 7.10. The lowest BCUT2D eigenvalue weighted by Crippen LogP contribution is -2.41. The lowest BCUT2D eigenvalue weighted by atomic mass is 9.70. The van der Waals surface area contributed by atoms with Crippen LogP contribution in [0.25, 0.3) is 22.3 Å². The number of phenols is 1. The number of rotatable bonds is 5. The van der Waals surface area contributed by atoms with Crippen LogP contribution in [-0.4, -0.2) is 24.9 Å². The summed E-state index contributed by atoms with van der Waals surface area (Å²) in [5.41, 5.74) is 12.1. The highest BCUT2D eigenvalue weighted by atomic mass is 79.9. The summed E-state index contributed by atoms with van der Waals surface area (Å²) in [6, 6.07) is 42.9. The van der Waals surface area contributed by atoms with Gasteiger partial charge in [0.2, 0.25) is 0 Å². The van der Waals surface area contributed by atoms with Crippen LogP contribution in [0.1, 0.15) is 0 Å². The van der Waals surface area contributed by atoms with Crippen LogP contribution >= 0.6 is 63.7 Å². The van der Waals surface area contributed by atoms with E-state index in [4.69, 9.17) is 25.2 Å². The average Bonchev–Trinajstić information content (AvgIpc) is 3.51. The van der Waals surface area contributed by atoms with E-state index in [1.807, 2.05) is 84.9 Å². The molecule has 6 nitrogen and oxygen atoms in total. The minimum absolute atomic E-state index is 0.123. The van der Waals surface area contributed by atoms with E-state index in [-0.39, 0.29) is 12.8 Å². The molecule has 0 aliphatic carbocycles. The van der Waals surface area contributed by atoms with Crippen LogP contribution in [0.2, 0.25) is 0 Å². The van der Waals surface area contributed by atoms with Crippen molar-refractivity contribution in [2.45, 2.75) is 0 Å². The third kappa shape index (κ3) is 9.06. The summed E-state index contributed by atoms with van der Waals surface area (Å²) < 4.78 is 15.1. The van der Waals surface area contributed by atoms with E-state index < -0.39 is 0 Å². The molecule has 6 aromatic rings. The molecule has 0 saturated carbocycles. The van der Waals surface area contributed by atoms with Crippen LogP contribution in [0, 0.1) is 0 Å². The molecular formula is C36H27B2Br4N2O4. The molecule has 7 rings (SSSR count). The summed E-state index contributed by atoms with van der Waals surface area (Å²) in [7, 11) is 0.498. The fourth-order valence-electron chi connectivity index (χ4n) is 4.86. The smallest absolute Gasteiger partial charge is 0.537 e. The standard InChI is InChI=1S/C18H12BBr2NO.C12H9BBrO2.C6H6BrNO/c20-12-9-10-18-17(11-12)22-19(23-18)15-7-3-1-5-13(15)14-6-2-4-8-16(14)21;14-11-7-3-1-5-9(11)10-6-2-4-8-12(10)16-13-15;7-4-1-2-6(9)5(8)3-4/h1-11,22H;1-8,15H;1-3,9H,8H2. The quantitative estimate of drug-likeness (QED) is 0.0783. The second-order valence-electron chi connectivity index (χ2n) is 10.3. The summed E-state index contributed by atoms with van der Waals surface area (Å²) in [6.45, 7) is 0. The van der Waals surface area contributed by atoms with Gasteiger partial charge in [-0.2, -0.15) is 0 Å². The minimum Gasteiger partial charge on any atom is -0.537 e. The minimum atomic E-state index is -0.192. The Labute approximate surface area is 314 Å². The van der Waals surface area contributed by atoms with Crippen molar-refractivity contribution in [2.75, 3.05) is 11.0 Å². The van der Waals surface area contributed by atoms with E-state index in [0.717, 1.165) is 57.0 Å². The largest absolute Gasteiger partial charge is 0.569 e. The topological polar surface area (TPSA) is 97.0 Å². The lowest BCUT2D eigenvalue weighted by molar-refractivity contribution is 0.454. The summed E-state index contributed by atoms with van der Waals surface area (Å²) in [6.07, 6.45) is 0. The number of nitrogen functional groups attached to an aromatic ring is 1. The van der Waals surface area contributed by atoms with Crippen molar-refractivity contribution in [3.05, 3.63) is 151 Å². The van der Waals surface area contributed by atoms with Crippen molar-refractivity contribution in [1.82, 2.24) is 0 Å². The molecule has 0 atom stereocenters. The number of halogens is 4. The van der Waals surface area contributed by atoms with Crippen molar-refractivity contribution in [3.8, 4) is 39.5 Å². The Morgan fingerprint density at radius 1 is 0.646 bits per heavy atom. The number of aromatic hydroxyl groups is 1. The molecule has 0 saturated heterocycles. The molecule has 1 radical (unpaired) electrons. The molecule has 6 aromatic carbocycles. The van der Waals surface area contributed by atoms with Crippen molar-refractivity contribution in [3.63, 3.8) is 0 Å². The van der Waals surface area contributed by atoms with Crippen LogP contribution in [0.15, 0.2) is 151 Å². The maximum Gasteiger partial charge on any atom is 0.569 e. The molecule has 0 aromatic heterocycles. The van der Waals surface area contributed by atoms with Crippen molar-refractivity contribution in [1.29, 1.82) is 0 Å². The van der Waals surface area contributed by atoms with E-state index >= 15 is 0 Å². The molecule has 1 aliphatic heterocycles. The van der Waals surface area contributed by atoms with Gasteiger partial charge >= 0.3 is 14.7 Å². The Morgan fingerprint density at radius 2 is 1.19 bits per heavy atom. The number of para-hydroxylation sites is 1. The first-order chi connectivity index (χ1) is 23.2. The monoisotopic (exact) mass is 889 g/mol. The van der Waals surface area contributed by atoms with Gasteiger partial charge < -0.3 is 30.4 Å². The first kappa shape index (κ1) is 35.6. The number of fused-ring (bicyclic) bond motifs is 1. The normalized spacial score (nSPS) is 11.1. The van der Waals surface area contributed by atoms with E-state index in [1.165, 1.54) is 0 Å². The molecule has 12 heteroatoms. The van der Waals surface area contributed by atoms with Crippen LogP contribution < -0.4 is 25.7 Å². The highest BCUT2D eigenvalue weighted by molar-refractivity contribution is 9.11. The van der Waals surface area contributed by atoms with Crippen molar-refractivity contribution < 1.29 is 19.4 Å². The van der Waals surface area contributed by atoms with Crippen LogP contribution in [0.5, 0.6) is 17.2 Å². The highest BCUT2D eigenvalue weighted by Crippen LogP contribution is 2.36. The molecule has 48 heavy (non-hydrogen) atoms. The number of benzene rings is 6. The second-order valence-corrected chi connectivity index (χ2v) is 13.8. The maximum absolute atomic E-state index is 8.90. The van der Waals surface area contributed by atoms with Gasteiger partial charge in [0.25, 0.3) is 0 Å². The SMILES string of the molecule is Brc1ccc2c(c1)NB(c1ccccc1-c1ccccc1Br)O2.Nc1cc(Br)ccc1O.O[B]Oc1ccccc1-c1ccccc1Br. The molecule has 0 bridgehead atoms. The van der Waals surface area contributed by atoms with E-state index in [2.05, 4.69) is 99.3 Å². The predicted molar refractivity (Wildman–Crippen MR) is 212 cm³/mol. The number of phenolic OH excluding ortho intramolecular Hbond substituents is 1. The Kier molecular flexibility index (Phi) is 12.7. The van der Waals surface area contributed by atoms with Gasteiger partial charge in [-0.25, -0.2) is 0 Å².